The van der Waals surface area contributed by atoms with Crippen LogP contribution in [0.2, 0.25) is 0 Å². The zero-order chi connectivity index (χ0) is 18.6. The minimum Gasteiger partial charge on any atom is -0.497 e. The molecule has 0 aliphatic heterocycles. The predicted octanol–water partition coefficient (Wildman–Crippen LogP) is 3.79. The molecule has 0 amide bonds. The third-order valence-electron chi connectivity index (χ3n) is 4.20. The zero-order valence-corrected chi connectivity index (χ0v) is 14.7. The molecule has 0 fully saturated rings. The summed E-state index contributed by atoms with van der Waals surface area (Å²) >= 11 is 0. The smallest absolute Gasteiger partial charge is 0.340 e. The van der Waals surface area contributed by atoms with E-state index in [1.807, 2.05) is 42.5 Å². The van der Waals surface area contributed by atoms with Crippen LogP contribution in [0.25, 0.3) is 16.6 Å². The first-order valence-corrected chi connectivity index (χ1v) is 8.43. The Morgan fingerprint density at radius 3 is 2.67 bits per heavy atom. The van der Waals surface area contributed by atoms with Crippen LogP contribution in [-0.4, -0.2) is 27.8 Å². The molecular formula is C21H17N3O3. The lowest BCUT2D eigenvalue weighted by Gasteiger charge is -2.08. The van der Waals surface area contributed by atoms with E-state index in [4.69, 9.17) is 9.47 Å². The lowest BCUT2D eigenvalue weighted by molar-refractivity contribution is 0.0472. The standard InChI is InChI=1S/C21H17N3O3/c1-26-19-7-5-16-11-15(3-4-17(16)12-19)14-27-21(25)18-6-8-20(22-13-18)24-10-2-9-23-24/h2-13H,14H2,1H3. The molecule has 6 heteroatoms. The molecule has 0 atom stereocenters. The van der Waals surface area contributed by atoms with Crippen molar-refractivity contribution in [3.8, 4) is 11.6 Å². The zero-order valence-electron chi connectivity index (χ0n) is 14.7. The molecular weight excluding hydrogens is 342 g/mol. The van der Waals surface area contributed by atoms with E-state index in [-0.39, 0.29) is 6.61 Å². The van der Waals surface area contributed by atoms with Gasteiger partial charge in [0.15, 0.2) is 5.82 Å². The molecule has 2 heterocycles. The van der Waals surface area contributed by atoms with Gasteiger partial charge in [-0.25, -0.2) is 14.5 Å². The first kappa shape index (κ1) is 16.8. The van der Waals surface area contributed by atoms with E-state index in [2.05, 4.69) is 10.1 Å². The van der Waals surface area contributed by atoms with Gasteiger partial charge < -0.3 is 9.47 Å². The highest BCUT2D eigenvalue weighted by atomic mass is 16.5. The quantitative estimate of drug-likeness (QED) is 0.507. The first-order valence-electron chi connectivity index (χ1n) is 8.43. The van der Waals surface area contributed by atoms with Crippen molar-refractivity contribution in [2.45, 2.75) is 6.61 Å². The van der Waals surface area contributed by atoms with E-state index in [0.29, 0.717) is 11.4 Å². The van der Waals surface area contributed by atoms with Crippen LogP contribution in [0.4, 0.5) is 0 Å². The van der Waals surface area contributed by atoms with Crippen LogP contribution in [0.1, 0.15) is 15.9 Å². The molecule has 6 nitrogen and oxygen atoms in total. The van der Waals surface area contributed by atoms with Gasteiger partial charge in [-0.05, 0) is 52.7 Å². The third-order valence-corrected chi connectivity index (χ3v) is 4.20. The molecule has 2 aromatic heterocycles. The number of carbonyl (C=O) groups is 1. The van der Waals surface area contributed by atoms with Gasteiger partial charge in [0.25, 0.3) is 0 Å². The van der Waals surface area contributed by atoms with Crippen LogP contribution in [0, 0.1) is 0 Å². The Morgan fingerprint density at radius 1 is 1.07 bits per heavy atom. The van der Waals surface area contributed by atoms with Gasteiger partial charge in [-0.2, -0.15) is 5.10 Å². The van der Waals surface area contributed by atoms with Crippen LogP contribution in [0.3, 0.4) is 0 Å². The minimum atomic E-state index is -0.413. The van der Waals surface area contributed by atoms with E-state index in [1.165, 1.54) is 6.20 Å². The normalized spacial score (nSPS) is 10.7. The van der Waals surface area contributed by atoms with Gasteiger partial charge in [0.1, 0.15) is 12.4 Å². The van der Waals surface area contributed by atoms with Crippen LogP contribution in [0.5, 0.6) is 5.75 Å². The number of methoxy groups -OCH3 is 1. The third kappa shape index (κ3) is 3.64. The summed E-state index contributed by atoms with van der Waals surface area (Å²) in [6, 6.07) is 17.0. The van der Waals surface area contributed by atoms with Gasteiger partial charge in [-0.15, -0.1) is 0 Å². The Bertz CT molecular complexity index is 1070. The van der Waals surface area contributed by atoms with Crippen molar-refractivity contribution in [2.75, 3.05) is 7.11 Å². The molecule has 0 N–H and O–H groups in total. The largest absolute Gasteiger partial charge is 0.497 e. The van der Waals surface area contributed by atoms with Gasteiger partial charge in [0.05, 0.1) is 12.7 Å². The number of aromatic nitrogens is 3. The number of carbonyl (C=O) groups excluding carboxylic acids is 1. The predicted molar refractivity (Wildman–Crippen MR) is 101 cm³/mol. The molecule has 0 radical (unpaired) electrons. The van der Waals surface area contributed by atoms with Crippen LogP contribution in [-0.2, 0) is 11.3 Å². The van der Waals surface area contributed by atoms with Crippen molar-refractivity contribution in [3.63, 3.8) is 0 Å². The van der Waals surface area contributed by atoms with Crippen molar-refractivity contribution in [1.82, 2.24) is 14.8 Å². The van der Waals surface area contributed by atoms with Gasteiger partial charge in [0, 0.05) is 18.6 Å². The summed E-state index contributed by atoms with van der Waals surface area (Å²) in [5.41, 5.74) is 1.32. The summed E-state index contributed by atoms with van der Waals surface area (Å²) in [5.74, 6) is 1.04. The molecule has 0 aliphatic rings. The Kier molecular flexibility index (Phi) is 4.53. The average molecular weight is 359 g/mol. The second kappa shape index (κ2) is 7.29. The highest BCUT2D eigenvalue weighted by molar-refractivity contribution is 5.89. The molecule has 4 rings (SSSR count). The van der Waals surface area contributed by atoms with Crippen molar-refractivity contribution >= 4 is 16.7 Å². The molecule has 2 aromatic carbocycles. The monoisotopic (exact) mass is 359 g/mol. The molecule has 4 aromatic rings. The fraction of sp³-hybridized carbons (Fsp3) is 0.0952. The molecule has 0 spiro atoms. The SMILES string of the molecule is COc1ccc2cc(COC(=O)c3ccc(-n4cccn4)nc3)ccc2c1. The van der Waals surface area contributed by atoms with Gasteiger partial charge in [-0.1, -0.05) is 18.2 Å². The molecule has 0 saturated heterocycles. The Hall–Kier alpha value is -3.67. The molecule has 0 saturated carbocycles. The van der Waals surface area contributed by atoms with E-state index in [9.17, 15) is 4.79 Å². The van der Waals surface area contributed by atoms with Crippen molar-refractivity contribution < 1.29 is 14.3 Å². The molecule has 27 heavy (non-hydrogen) atoms. The number of nitrogens with zero attached hydrogens (tertiary/aromatic N) is 3. The highest BCUT2D eigenvalue weighted by Crippen LogP contribution is 2.22. The summed E-state index contributed by atoms with van der Waals surface area (Å²) < 4.78 is 12.3. The van der Waals surface area contributed by atoms with Gasteiger partial charge in [-0.3, -0.25) is 0 Å². The lowest BCUT2D eigenvalue weighted by Crippen LogP contribution is -2.07. The van der Waals surface area contributed by atoms with E-state index in [0.717, 1.165) is 22.1 Å². The fourth-order valence-corrected chi connectivity index (χ4v) is 2.77. The average Bonchev–Trinajstić information content (AvgIpc) is 3.26. The minimum absolute atomic E-state index is 0.196. The number of benzene rings is 2. The topological polar surface area (TPSA) is 66.2 Å². The molecule has 0 bridgehead atoms. The van der Waals surface area contributed by atoms with Crippen molar-refractivity contribution in [3.05, 3.63) is 84.3 Å². The summed E-state index contributed by atoms with van der Waals surface area (Å²) in [7, 11) is 1.64. The summed E-state index contributed by atoms with van der Waals surface area (Å²) in [4.78, 5) is 16.5. The summed E-state index contributed by atoms with van der Waals surface area (Å²) in [6.07, 6.45) is 4.95. The van der Waals surface area contributed by atoms with Crippen molar-refractivity contribution in [2.24, 2.45) is 0 Å². The van der Waals surface area contributed by atoms with Crippen LogP contribution >= 0.6 is 0 Å². The summed E-state index contributed by atoms with van der Waals surface area (Å²) in [5, 5.41) is 6.24. The molecule has 0 aliphatic carbocycles. The van der Waals surface area contributed by atoms with Gasteiger partial charge in [0.2, 0.25) is 0 Å². The molecule has 134 valence electrons. The lowest BCUT2D eigenvalue weighted by atomic mass is 10.1. The number of esters is 1. The number of ether oxygens (including phenoxy) is 2. The maximum atomic E-state index is 12.3. The maximum Gasteiger partial charge on any atom is 0.340 e. The van der Waals surface area contributed by atoms with E-state index >= 15 is 0 Å². The van der Waals surface area contributed by atoms with E-state index in [1.54, 1.807) is 36.3 Å². The van der Waals surface area contributed by atoms with Crippen molar-refractivity contribution in [1.29, 1.82) is 0 Å². The second-order valence-corrected chi connectivity index (χ2v) is 5.98. The number of rotatable bonds is 5. The number of pyridine rings is 1. The Morgan fingerprint density at radius 2 is 1.93 bits per heavy atom. The number of hydrogen-bond donors (Lipinski definition) is 0. The summed E-state index contributed by atoms with van der Waals surface area (Å²) in [6.45, 7) is 0.196. The second-order valence-electron chi connectivity index (χ2n) is 5.98. The van der Waals surface area contributed by atoms with E-state index < -0.39 is 5.97 Å². The fourth-order valence-electron chi connectivity index (χ4n) is 2.77. The maximum absolute atomic E-state index is 12.3. The Labute approximate surface area is 156 Å². The van der Waals surface area contributed by atoms with Gasteiger partial charge >= 0.3 is 5.97 Å². The number of hydrogen-bond acceptors (Lipinski definition) is 5. The number of fused-ring (bicyclic) bond motifs is 1. The highest BCUT2D eigenvalue weighted by Gasteiger charge is 2.09. The van der Waals surface area contributed by atoms with Crippen LogP contribution < -0.4 is 4.74 Å². The Balaban J connectivity index is 1.43. The molecule has 0 unspecified atom stereocenters. The first-order chi connectivity index (χ1) is 13.2. The van der Waals surface area contributed by atoms with Crippen LogP contribution in [0.15, 0.2) is 73.2 Å².